The third-order valence-electron chi connectivity index (χ3n) is 9.23. The second-order valence-corrected chi connectivity index (χ2v) is 12.9. The van der Waals surface area contributed by atoms with Crippen molar-refractivity contribution in [1.29, 1.82) is 0 Å². The van der Waals surface area contributed by atoms with E-state index in [-0.39, 0.29) is 0 Å². The predicted molar refractivity (Wildman–Crippen MR) is 176 cm³/mol. The molecule has 0 amide bonds. The summed E-state index contributed by atoms with van der Waals surface area (Å²) in [6.45, 7) is 7.87. The molecule has 0 aliphatic carbocycles. The van der Waals surface area contributed by atoms with Gasteiger partial charge in [-0.15, -0.1) is 0 Å². The van der Waals surface area contributed by atoms with Crippen LogP contribution in [0.5, 0.6) is 0 Å². The number of hydrogen-bond donors (Lipinski definition) is 1. The van der Waals surface area contributed by atoms with E-state index in [2.05, 4.69) is 20.8 Å². The molecule has 0 heterocycles. The molecule has 0 aliphatic rings. The minimum atomic E-state index is 0.874. The highest BCUT2D eigenvalue weighted by atomic mass is 14.5. The number of hydrogen-bond acceptors (Lipinski definition) is 1. The Bertz CT molecular complexity index is 388. The minimum absolute atomic E-state index is 0.874. The van der Waals surface area contributed by atoms with E-state index in [1.165, 1.54) is 199 Å². The molecule has 0 radical (unpaired) electrons. The van der Waals surface area contributed by atoms with Crippen LogP contribution in [0.25, 0.3) is 0 Å². The van der Waals surface area contributed by atoms with Gasteiger partial charge in [-0.1, -0.05) is 213 Å². The van der Waals surface area contributed by atoms with Crippen LogP contribution in [0.4, 0.5) is 0 Å². The highest BCUT2D eigenvalue weighted by molar-refractivity contribution is 4.72. The van der Waals surface area contributed by atoms with E-state index in [1.807, 2.05) is 0 Å². The molecule has 0 aromatic rings. The van der Waals surface area contributed by atoms with Gasteiger partial charge in [0.05, 0.1) is 0 Å². The van der Waals surface area contributed by atoms with Crippen LogP contribution < -0.4 is 5.73 Å². The minimum Gasteiger partial charge on any atom is -0.330 e. The van der Waals surface area contributed by atoms with Gasteiger partial charge in [0.15, 0.2) is 0 Å². The fraction of sp³-hybridized carbons (Fsp3) is 1.00. The zero-order valence-corrected chi connectivity index (χ0v) is 27.4. The van der Waals surface area contributed by atoms with E-state index in [1.54, 1.807) is 0 Å². The molecule has 0 aromatic heterocycles. The molecule has 0 spiro atoms. The molecule has 2 N–H and O–H groups in total. The number of unbranched alkanes of at least 4 members (excludes halogenated alkanes) is 23. The van der Waals surface area contributed by atoms with Crippen molar-refractivity contribution in [1.82, 2.24) is 0 Å². The lowest BCUT2D eigenvalue weighted by atomic mass is 9.78. The monoisotopic (exact) mass is 536 g/mol. The van der Waals surface area contributed by atoms with Crippen molar-refractivity contribution >= 4 is 0 Å². The Morgan fingerprint density at radius 3 is 0.737 bits per heavy atom. The van der Waals surface area contributed by atoms with Crippen LogP contribution >= 0.6 is 0 Å². The third kappa shape index (κ3) is 27.5. The van der Waals surface area contributed by atoms with Crippen molar-refractivity contribution in [3.05, 3.63) is 0 Å². The van der Waals surface area contributed by atoms with Gasteiger partial charge in [0.25, 0.3) is 0 Å². The van der Waals surface area contributed by atoms with Gasteiger partial charge in [0, 0.05) is 0 Å². The first-order valence-corrected chi connectivity index (χ1v) is 18.5. The van der Waals surface area contributed by atoms with Crippen molar-refractivity contribution in [2.75, 3.05) is 6.54 Å². The van der Waals surface area contributed by atoms with Gasteiger partial charge >= 0.3 is 0 Å². The molecule has 0 fully saturated rings. The fourth-order valence-corrected chi connectivity index (χ4v) is 6.58. The van der Waals surface area contributed by atoms with Crippen molar-refractivity contribution in [3.8, 4) is 0 Å². The molecular weight excluding hydrogens is 458 g/mol. The molecular formula is C37H77N. The zero-order chi connectivity index (χ0) is 27.8. The molecule has 38 heavy (non-hydrogen) atoms. The fourth-order valence-electron chi connectivity index (χ4n) is 6.58. The second-order valence-electron chi connectivity index (χ2n) is 12.9. The summed E-state index contributed by atoms with van der Waals surface area (Å²) in [5.41, 5.74) is 5.69. The van der Waals surface area contributed by atoms with Crippen molar-refractivity contribution in [3.63, 3.8) is 0 Å². The first-order chi connectivity index (χ1) is 18.8. The maximum absolute atomic E-state index is 5.69. The predicted octanol–water partition coefficient (Wildman–Crippen LogP) is 13.3. The Morgan fingerprint density at radius 2 is 0.500 bits per heavy atom. The molecule has 0 aromatic carbocycles. The molecule has 1 heteroatoms. The molecule has 0 rings (SSSR count). The van der Waals surface area contributed by atoms with Crippen molar-refractivity contribution in [2.45, 2.75) is 220 Å². The topological polar surface area (TPSA) is 26.0 Å². The van der Waals surface area contributed by atoms with Gasteiger partial charge in [-0.2, -0.15) is 0 Å². The van der Waals surface area contributed by atoms with Gasteiger partial charge in [0.1, 0.15) is 0 Å². The zero-order valence-electron chi connectivity index (χ0n) is 27.4. The molecule has 2 atom stereocenters. The second kappa shape index (κ2) is 33.2. The van der Waals surface area contributed by atoms with Crippen LogP contribution in [0.15, 0.2) is 0 Å². The van der Waals surface area contributed by atoms with E-state index in [4.69, 9.17) is 5.73 Å². The van der Waals surface area contributed by atoms with E-state index >= 15 is 0 Å². The summed E-state index contributed by atoms with van der Waals surface area (Å²) < 4.78 is 0. The van der Waals surface area contributed by atoms with Gasteiger partial charge in [-0.05, 0) is 24.8 Å². The van der Waals surface area contributed by atoms with Crippen LogP contribution in [0.2, 0.25) is 0 Å². The summed E-state index contributed by atoms with van der Waals surface area (Å²) in [6.07, 6.45) is 45.1. The molecule has 2 unspecified atom stereocenters. The average Bonchev–Trinajstić information content (AvgIpc) is 2.93. The van der Waals surface area contributed by atoms with Crippen LogP contribution in [0, 0.1) is 11.8 Å². The summed E-state index contributed by atoms with van der Waals surface area (Å²) in [5.74, 6) is 2.02. The lowest BCUT2D eigenvalue weighted by molar-refractivity contribution is 0.236. The highest BCUT2D eigenvalue weighted by Gasteiger charge is 2.20. The normalized spacial score (nSPS) is 13.3. The van der Waals surface area contributed by atoms with Crippen LogP contribution in [0.1, 0.15) is 220 Å². The first-order valence-electron chi connectivity index (χ1n) is 18.5. The standard InChI is InChI=1S/C37H77N/c1-4-7-10-13-16-18-23-28-33-36(31-26-21-15-12-9-6-3)37(32-27-22-17-14-11-8-5-2)34-29-24-19-20-25-30-35-38/h36-37H,4-35,38H2,1-3H3. The largest absolute Gasteiger partial charge is 0.330 e. The smallest absolute Gasteiger partial charge is 0.00773 e. The Kier molecular flexibility index (Phi) is 33.1. The van der Waals surface area contributed by atoms with E-state index in [0.29, 0.717) is 0 Å². The van der Waals surface area contributed by atoms with Crippen LogP contribution in [-0.4, -0.2) is 6.54 Å². The summed E-state index contributed by atoms with van der Waals surface area (Å²) >= 11 is 0. The Balaban J connectivity index is 4.69. The van der Waals surface area contributed by atoms with Gasteiger partial charge in [0.2, 0.25) is 0 Å². The molecule has 0 saturated heterocycles. The van der Waals surface area contributed by atoms with Crippen LogP contribution in [-0.2, 0) is 0 Å². The highest BCUT2D eigenvalue weighted by Crippen LogP contribution is 2.33. The number of rotatable bonds is 33. The number of nitrogens with two attached hydrogens (primary N) is 1. The molecule has 1 nitrogen and oxygen atoms in total. The summed E-state index contributed by atoms with van der Waals surface area (Å²) in [4.78, 5) is 0. The van der Waals surface area contributed by atoms with Gasteiger partial charge < -0.3 is 5.73 Å². The third-order valence-corrected chi connectivity index (χ3v) is 9.23. The Labute approximate surface area is 243 Å². The maximum Gasteiger partial charge on any atom is -0.00773 e. The van der Waals surface area contributed by atoms with Crippen molar-refractivity contribution < 1.29 is 0 Å². The van der Waals surface area contributed by atoms with E-state index in [0.717, 1.165) is 18.4 Å². The quantitative estimate of drug-likeness (QED) is 0.0830. The summed E-state index contributed by atoms with van der Waals surface area (Å²) in [6, 6.07) is 0. The summed E-state index contributed by atoms with van der Waals surface area (Å²) in [7, 11) is 0. The molecule has 230 valence electrons. The van der Waals surface area contributed by atoms with Crippen molar-refractivity contribution in [2.24, 2.45) is 17.6 Å². The summed E-state index contributed by atoms with van der Waals surface area (Å²) in [5, 5.41) is 0. The molecule has 0 saturated carbocycles. The van der Waals surface area contributed by atoms with E-state index < -0.39 is 0 Å². The molecule has 0 aliphatic heterocycles. The first kappa shape index (κ1) is 38.0. The Morgan fingerprint density at radius 1 is 0.289 bits per heavy atom. The SMILES string of the molecule is CCCCCCCCCCC(CCCCCCCC)C(CCCCCCCCC)CCCCCCCCN. The van der Waals surface area contributed by atoms with E-state index in [9.17, 15) is 0 Å². The maximum atomic E-state index is 5.69. The Hall–Kier alpha value is -0.0400. The lowest BCUT2D eigenvalue weighted by Gasteiger charge is -2.28. The lowest BCUT2D eigenvalue weighted by Crippen LogP contribution is -2.16. The van der Waals surface area contributed by atoms with Gasteiger partial charge in [-0.25, -0.2) is 0 Å². The van der Waals surface area contributed by atoms with Crippen LogP contribution in [0.3, 0.4) is 0 Å². The molecule has 0 bridgehead atoms. The average molecular weight is 536 g/mol. The van der Waals surface area contributed by atoms with Gasteiger partial charge in [-0.3, -0.25) is 0 Å².